The van der Waals surface area contributed by atoms with Crippen LogP contribution in [0.2, 0.25) is 0 Å². The molecule has 2 aromatic rings. The zero-order valence-electron chi connectivity index (χ0n) is 13.8. The molecule has 2 N–H and O–H groups in total. The lowest BCUT2D eigenvalue weighted by Gasteiger charge is -2.13. The molecule has 1 fully saturated rings. The van der Waals surface area contributed by atoms with E-state index in [4.69, 9.17) is 4.74 Å². The summed E-state index contributed by atoms with van der Waals surface area (Å²) in [6.45, 7) is 0.228. The molecule has 1 saturated heterocycles. The van der Waals surface area contributed by atoms with Gasteiger partial charge in [-0.25, -0.2) is 4.79 Å². The molecule has 4 amide bonds. The average molecular weight is 367 g/mol. The summed E-state index contributed by atoms with van der Waals surface area (Å²) in [5.41, 5.74) is 1.18. The predicted octanol–water partition coefficient (Wildman–Crippen LogP) is 1.92. The van der Waals surface area contributed by atoms with Crippen LogP contribution in [0.4, 0.5) is 10.5 Å². The van der Waals surface area contributed by atoms with E-state index in [2.05, 4.69) is 0 Å². The second-order valence-corrected chi connectivity index (χ2v) is 5.58. The van der Waals surface area contributed by atoms with Gasteiger partial charge in [-0.05, 0) is 41.5 Å². The quantitative estimate of drug-likeness (QED) is 0.360. The molecule has 1 aliphatic heterocycles. The van der Waals surface area contributed by atoms with E-state index < -0.39 is 22.8 Å². The number of ether oxygens (including phenoxy) is 1. The zero-order chi connectivity index (χ0) is 19.4. The number of imide groups is 2. The second kappa shape index (κ2) is 7.48. The van der Waals surface area contributed by atoms with E-state index in [1.54, 1.807) is 36.4 Å². The van der Waals surface area contributed by atoms with Crippen LogP contribution in [0.1, 0.15) is 11.1 Å². The van der Waals surface area contributed by atoms with Crippen molar-refractivity contribution in [2.75, 3.05) is 0 Å². The molecule has 2 aromatic carbocycles. The summed E-state index contributed by atoms with van der Waals surface area (Å²) >= 11 is 0. The molecule has 3 rings (SSSR count). The van der Waals surface area contributed by atoms with Gasteiger partial charge in [0.1, 0.15) is 17.9 Å². The van der Waals surface area contributed by atoms with Gasteiger partial charge >= 0.3 is 6.03 Å². The number of rotatable bonds is 5. The molecule has 0 radical (unpaired) electrons. The molecular weight excluding hydrogens is 354 g/mol. The standard InChI is InChI=1S/C18H13N3O6/c22-16-15(17(23)20-18(24)19-16)9-11-3-7-14(8-4-11)27-10-12-1-5-13(6-2-12)21(25)26/h1-9H,10H2,(H2,19,20,22,23,24). The number of nitrogens with zero attached hydrogens (tertiary/aromatic N) is 1. The van der Waals surface area contributed by atoms with Crippen molar-refractivity contribution in [2.45, 2.75) is 6.61 Å². The van der Waals surface area contributed by atoms with Crippen molar-refractivity contribution in [3.63, 3.8) is 0 Å². The van der Waals surface area contributed by atoms with Crippen molar-refractivity contribution in [2.24, 2.45) is 0 Å². The van der Waals surface area contributed by atoms with Gasteiger partial charge in [0.2, 0.25) is 0 Å². The molecule has 136 valence electrons. The third-order valence-corrected chi connectivity index (χ3v) is 3.69. The Balaban J connectivity index is 1.64. The monoisotopic (exact) mass is 367 g/mol. The van der Waals surface area contributed by atoms with Crippen LogP contribution in [-0.2, 0) is 16.2 Å². The van der Waals surface area contributed by atoms with Gasteiger partial charge in [-0.1, -0.05) is 12.1 Å². The summed E-state index contributed by atoms with van der Waals surface area (Å²) in [6.07, 6.45) is 1.36. The number of hydrogen-bond donors (Lipinski definition) is 2. The van der Waals surface area contributed by atoms with E-state index in [-0.39, 0.29) is 17.9 Å². The molecule has 0 unspecified atom stereocenters. The summed E-state index contributed by atoms with van der Waals surface area (Å²) in [6, 6.07) is 11.8. The maximum Gasteiger partial charge on any atom is 0.328 e. The molecule has 0 spiro atoms. The van der Waals surface area contributed by atoms with E-state index in [1.807, 2.05) is 10.6 Å². The van der Waals surface area contributed by atoms with Crippen LogP contribution in [0.15, 0.2) is 54.1 Å². The van der Waals surface area contributed by atoms with Gasteiger partial charge in [0.05, 0.1) is 4.92 Å². The second-order valence-electron chi connectivity index (χ2n) is 5.58. The summed E-state index contributed by atoms with van der Waals surface area (Å²) in [5, 5.41) is 14.6. The van der Waals surface area contributed by atoms with Crippen LogP contribution >= 0.6 is 0 Å². The first kappa shape index (κ1) is 17.8. The Hall–Kier alpha value is -4.01. The van der Waals surface area contributed by atoms with Gasteiger partial charge in [0.25, 0.3) is 17.5 Å². The fourth-order valence-electron chi connectivity index (χ4n) is 2.31. The highest BCUT2D eigenvalue weighted by atomic mass is 16.6. The Morgan fingerprint density at radius 3 is 2.07 bits per heavy atom. The summed E-state index contributed by atoms with van der Waals surface area (Å²) in [7, 11) is 0. The normalized spacial score (nSPS) is 13.6. The maximum absolute atomic E-state index is 11.7. The summed E-state index contributed by atoms with van der Waals surface area (Å²) in [4.78, 5) is 44.5. The number of non-ortho nitro benzene ring substituents is 1. The minimum atomic E-state index is -0.850. The van der Waals surface area contributed by atoms with Crippen LogP contribution in [0.25, 0.3) is 6.08 Å². The topological polar surface area (TPSA) is 128 Å². The molecule has 0 atom stereocenters. The Morgan fingerprint density at radius 1 is 0.926 bits per heavy atom. The number of barbiturate groups is 1. The maximum atomic E-state index is 11.7. The summed E-state index contributed by atoms with van der Waals surface area (Å²) < 4.78 is 5.60. The van der Waals surface area contributed by atoms with Gasteiger partial charge < -0.3 is 4.74 Å². The van der Waals surface area contributed by atoms with E-state index in [0.29, 0.717) is 11.3 Å². The Bertz CT molecular complexity index is 926. The highest BCUT2D eigenvalue weighted by Crippen LogP contribution is 2.18. The lowest BCUT2D eigenvalue weighted by molar-refractivity contribution is -0.384. The van der Waals surface area contributed by atoms with Crippen LogP contribution < -0.4 is 15.4 Å². The number of carbonyl (C=O) groups is 3. The molecule has 0 saturated carbocycles. The molecule has 9 heteroatoms. The number of nitro benzene ring substituents is 1. The van der Waals surface area contributed by atoms with Crippen molar-refractivity contribution in [3.8, 4) is 5.75 Å². The zero-order valence-corrected chi connectivity index (χ0v) is 13.8. The first-order valence-electron chi connectivity index (χ1n) is 7.77. The van der Waals surface area contributed by atoms with Gasteiger partial charge in [-0.15, -0.1) is 0 Å². The fraction of sp³-hybridized carbons (Fsp3) is 0.0556. The number of hydrogen-bond acceptors (Lipinski definition) is 6. The number of benzene rings is 2. The van der Waals surface area contributed by atoms with Crippen LogP contribution in [0.3, 0.4) is 0 Å². The molecule has 1 heterocycles. The van der Waals surface area contributed by atoms with Crippen molar-refractivity contribution < 1.29 is 24.0 Å². The SMILES string of the molecule is O=C1NC(=O)C(=Cc2ccc(OCc3ccc([N+](=O)[O-])cc3)cc2)C(=O)N1. The Labute approximate surface area is 152 Å². The van der Waals surface area contributed by atoms with Gasteiger partial charge in [-0.3, -0.25) is 30.3 Å². The number of amides is 4. The van der Waals surface area contributed by atoms with Crippen LogP contribution in [0, 0.1) is 10.1 Å². The molecule has 1 aliphatic rings. The third kappa shape index (κ3) is 4.34. The molecule has 0 aliphatic carbocycles. The molecular formula is C18H13N3O6. The van der Waals surface area contributed by atoms with Crippen LogP contribution in [0.5, 0.6) is 5.75 Å². The lowest BCUT2D eigenvalue weighted by atomic mass is 10.1. The van der Waals surface area contributed by atoms with Crippen molar-refractivity contribution in [1.29, 1.82) is 0 Å². The number of nitro groups is 1. The van der Waals surface area contributed by atoms with Gasteiger partial charge in [-0.2, -0.15) is 0 Å². The van der Waals surface area contributed by atoms with Gasteiger partial charge in [0, 0.05) is 12.1 Å². The Morgan fingerprint density at radius 2 is 1.52 bits per heavy atom. The van der Waals surface area contributed by atoms with Crippen LogP contribution in [-0.4, -0.2) is 22.8 Å². The third-order valence-electron chi connectivity index (χ3n) is 3.69. The van der Waals surface area contributed by atoms with Crippen molar-refractivity contribution in [1.82, 2.24) is 10.6 Å². The lowest BCUT2D eigenvalue weighted by Crippen LogP contribution is -2.51. The highest BCUT2D eigenvalue weighted by molar-refractivity contribution is 6.31. The Kier molecular flexibility index (Phi) is 4.93. The number of nitrogens with one attached hydrogen (secondary N) is 2. The van der Waals surface area contributed by atoms with E-state index in [1.165, 1.54) is 18.2 Å². The van der Waals surface area contributed by atoms with E-state index in [0.717, 1.165) is 5.56 Å². The highest BCUT2D eigenvalue weighted by Gasteiger charge is 2.27. The first-order valence-corrected chi connectivity index (χ1v) is 7.77. The number of carbonyl (C=O) groups excluding carboxylic acids is 3. The average Bonchev–Trinajstić information content (AvgIpc) is 2.64. The van der Waals surface area contributed by atoms with E-state index in [9.17, 15) is 24.5 Å². The van der Waals surface area contributed by atoms with Gasteiger partial charge in [0.15, 0.2) is 0 Å². The van der Waals surface area contributed by atoms with E-state index >= 15 is 0 Å². The largest absolute Gasteiger partial charge is 0.489 e. The first-order chi connectivity index (χ1) is 12.9. The molecule has 0 bridgehead atoms. The fourth-order valence-corrected chi connectivity index (χ4v) is 2.31. The smallest absolute Gasteiger partial charge is 0.328 e. The summed E-state index contributed by atoms with van der Waals surface area (Å²) in [5.74, 6) is -0.979. The minimum absolute atomic E-state index is 0.00799. The number of urea groups is 1. The predicted molar refractivity (Wildman–Crippen MR) is 93.5 cm³/mol. The molecule has 9 nitrogen and oxygen atoms in total. The van der Waals surface area contributed by atoms with Crippen molar-refractivity contribution in [3.05, 3.63) is 75.3 Å². The minimum Gasteiger partial charge on any atom is -0.489 e. The van der Waals surface area contributed by atoms with Crippen molar-refractivity contribution >= 4 is 29.6 Å². The molecule has 0 aromatic heterocycles. The molecule has 27 heavy (non-hydrogen) atoms.